The van der Waals surface area contributed by atoms with E-state index in [-0.39, 0.29) is 17.7 Å². The van der Waals surface area contributed by atoms with Crippen LogP contribution in [0.2, 0.25) is 0 Å². The summed E-state index contributed by atoms with van der Waals surface area (Å²) >= 11 is 0. The second kappa shape index (κ2) is 8.18. The van der Waals surface area contributed by atoms with E-state index in [1.807, 2.05) is 42.2 Å². The first-order chi connectivity index (χ1) is 15.5. The number of hydrogen-bond donors (Lipinski definition) is 0. The third-order valence-electron chi connectivity index (χ3n) is 6.30. The van der Waals surface area contributed by atoms with Crippen molar-refractivity contribution >= 4 is 17.6 Å². The van der Waals surface area contributed by atoms with Crippen molar-refractivity contribution in [3.8, 4) is 0 Å². The van der Waals surface area contributed by atoms with Crippen LogP contribution in [-0.2, 0) is 24.8 Å². The van der Waals surface area contributed by atoms with Crippen LogP contribution in [0.5, 0.6) is 0 Å². The quantitative estimate of drug-likeness (QED) is 0.635. The lowest BCUT2D eigenvalue weighted by atomic mass is 9.96. The Morgan fingerprint density at radius 1 is 1.19 bits per heavy atom. The third-order valence-corrected chi connectivity index (χ3v) is 6.30. The summed E-state index contributed by atoms with van der Waals surface area (Å²) in [7, 11) is 1.80. The Morgan fingerprint density at radius 2 is 2.00 bits per heavy atom. The van der Waals surface area contributed by atoms with Crippen LogP contribution in [0.1, 0.15) is 51.8 Å². The molecule has 1 fully saturated rings. The molecule has 1 saturated heterocycles. The van der Waals surface area contributed by atoms with Gasteiger partial charge in [0.1, 0.15) is 11.6 Å². The molecule has 0 spiro atoms. The Hall–Kier alpha value is -3.55. The van der Waals surface area contributed by atoms with E-state index in [0.29, 0.717) is 31.6 Å². The summed E-state index contributed by atoms with van der Waals surface area (Å²) in [5.74, 6) is 1.52. The predicted octanol–water partition coefficient (Wildman–Crippen LogP) is 2.63. The summed E-state index contributed by atoms with van der Waals surface area (Å²) in [5, 5.41) is 4.12. The topological polar surface area (TPSA) is 84.2 Å². The molecule has 1 atom stereocenters. The fraction of sp³-hybridized carbons (Fsp3) is 0.375. The summed E-state index contributed by atoms with van der Waals surface area (Å²) < 4.78 is 1.64. The van der Waals surface area contributed by atoms with Crippen LogP contribution in [0.4, 0.5) is 5.82 Å². The fourth-order valence-corrected chi connectivity index (χ4v) is 4.60. The van der Waals surface area contributed by atoms with E-state index in [4.69, 9.17) is 9.97 Å². The van der Waals surface area contributed by atoms with Gasteiger partial charge >= 0.3 is 0 Å². The summed E-state index contributed by atoms with van der Waals surface area (Å²) in [5.41, 5.74) is 3.43. The summed E-state index contributed by atoms with van der Waals surface area (Å²) in [4.78, 5) is 39.0. The maximum absolute atomic E-state index is 12.9. The molecule has 32 heavy (non-hydrogen) atoms. The van der Waals surface area contributed by atoms with Gasteiger partial charge in [-0.25, -0.2) is 9.97 Å². The molecule has 0 bridgehead atoms. The summed E-state index contributed by atoms with van der Waals surface area (Å²) in [6.45, 7) is 3.73. The molecule has 2 amide bonds. The molecule has 8 heteroatoms. The van der Waals surface area contributed by atoms with E-state index in [1.165, 1.54) is 0 Å². The number of aryl methyl sites for hydroxylation is 2. The highest BCUT2D eigenvalue weighted by Crippen LogP contribution is 2.33. The smallest absolute Gasteiger partial charge is 0.257 e. The maximum Gasteiger partial charge on any atom is 0.257 e. The van der Waals surface area contributed by atoms with Crippen LogP contribution in [-0.4, -0.2) is 49.6 Å². The number of fused-ring (bicyclic) bond motifs is 1. The molecule has 0 aliphatic carbocycles. The van der Waals surface area contributed by atoms with Gasteiger partial charge in [0.15, 0.2) is 0 Å². The minimum atomic E-state index is -0.0124. The number of likely N-dealkylation sites (tertiary alicyclic amines) is 1. The van der Waals surface area contributed by atoms with E-state index in [1.54, 1.807) is 29.0 Å². The summed E-state index contributed by atoms with van der Waals surface area (Å²) in [6, 6.07) is 9.95. The van der Waals surface area contributed by atoms with Gasteiger partial charge in [-0.1, -0.05) is 30.3 Å². The maximum atomic E-state index is 12.9. The average molecular weight is 431 g/mol. The molecular weight excluding hydrogens is 404 g/mol. The first-order valence-corrected chi connectivity index (χ1v) is 11.0. The first-order valence-electron chi connectivity index (χ1n) is 11.0. The van der Waals surface area contributed by atoms with Gasteiger partial charge in [-0.15, -0.1) is 0 Å². The van der Waals surface area contributed by atoms with E-state index in [2.05, 4.69) is 5.10 Å². The molecule has 5 rings (SSSR count). The van der Waals surface area contributed by atoms with Gasteiger partial charge in [-0.3, -0.25) is 19.2 Å². The Morgan fingerprint density at radius 3 is 2.75 bits per heavy atom. The highest BCUT2D eigenvalue weighted by molar-refractivity contribution is 6.00. The lowest BCUT2D eigenvalue weighted by Gasteiger charge is -2.32. The van der Waals surface area contributed by atoms with E-state index in [0.717, 1.165) is 41.3 Å². The number of piperidine rings is 1. The molecule has 1 unspecified atom stereocenters. The largest absolute Gasteiger partial charge is 0.338 e. The lowest BCUT2D eigenvalue weighted by Crippen LogP contribution is -2.39. The second-order valence-corrected chi connectivity index (χ2v) is 8.60. The van der Waals surface area contributed by atoms with Crippen molar-refractivity contribution in [1.29, 1.82) is 0 Å². The minimum absolute atomic E-state index is 0.0124. The molecule has 164 valence electrons. The monoisotopic (exact) mass is 430 g/mol. The SMILES string of the molecule is Cc1nc(C2CCCN(C(=O)c3cnn(C)c3)C2)nc2c1CC(=O)N2Cc1ccccc1. The molecule has 2 aliphatic rings. The molecular formula is C24H26N6O2. The van der Waals surface area contributed by atoms with Crippen molar-refractivity contribution in [3.63, 3.8) is 0 Å². The molecule has 8 nitrogen and oxygen atoms in total. The van der Waals surface area contributed by atoms with Gasteiger partial charge in [-0.2, -0.15) is 5.10 Å². The van der Waals surface area contributed by atoms with E-state index < -0.39 is 0 Å². The van der Waals surface area contributed by atoms with Gasteiger partial charge < -0.3 is 4.90 Å². The summed E-state index contributed by atoms with van der Waals surface area (Å²) in [6.07, 6.45) is 5.50. The molecule has 3 aromatic rings. The number of aromatic nitrogens is 4. The Labute approximate surface area is 186 Å². The number of benzene rings is 1. The van der Waals surface area contributed by atoms with Crippen LogP contribution in [0.25, 0.3) is 0 Å². The highest BCUT2D eigenvalue weighted by Gasteiger charge is 2.34. The van der Waals surface area contributed by atoms with Crippen LogP contribution in [0, 0.1) is 6.92 Å². The van der Waals surface area contributed by atoms with Crippen LogP contribution >= 0.6 is 0 Å². The van der Waals surface area contributed by atoms with Crippen LogP contribution < -0.4 is 4.90 Å². The van der Waals surface area contributed by atoms with Crippen LogP contribution in [0.3, 0.4) is 0 Å². The highest BCUT2D eigenvalue weighted by atomic mass is 16.2. The number of carbonyl (C=O) groups is 2. The normalized spacial score (nSPS) is 18.2. The molecule has 1 aromatic carbocycles. The van der Waals surface area contributed by atoms with Crippen molar-refractivity contribution in [2.75, 3.05) is 18.0 Å². The standard InChI is InChI=1S/C24H26N6O2/c1-16-20-11-21(31)30(13-17-7-4-3-5-8-17)23(20)27-22(26-16)18-9-6-10-29(15-18)24(32)19-12-25-28(2)14-19/h3-5,7-8,12,14,18H,6,9-11,13,15H2,1-2H3. The fourth-order valence-electron chi connectivity index (χ4n) is 4.60. The number of rotatable bonds is 4. The van der Waals surface area contributed by atoms with Gasteiger partial charge in [0.2, 0.25) is 5.91 Å². The average Bonchev–Trinajstić information content (AvgIpc) is 3.38. The molecule has 2 aliphatic heterocycles. The van der Waals surface area contributed by atoms with Gasteiger partial charge in [0.25, 0.3) is 5.91 Å². The second-order valence-electron chi connectivity index (χ2n) is 8.60. The Kier molecular flexibility index (Phi) is 5.20. The number of amides is 2. The van der Waals surface area contributed by atoms with Crippen molar-refractivity contribution in [1.82, 2.24) is 24.6 Å². The zero-order valence-corrected chi connectivity index (χ0v) is 18.4. The van der Waals surface area contributed by atoms with Crippen molar-refractivity contribution in [2.45, 2.75) is 38.6 Å². The van der Waals surface area contributed by atoms with Crippen molar-refractivity contribution < 1.29 is 9.59 Å². The van der Waals surface area contributed by atoms with Gasteiger partial charge in [-0.05, 0) is 25.3 Å². The van der Waals surface area contributed by atoms with E-state index in [9.17, 15) is 9.59 Å². The first kappa shape index (κ1) is 20.4. The molecule has 4 heterocycles. The minimum Gasteiger partial charge on any atom is -0.338 e. The number of carbonyl (C=O) groups excluding carboxylic acids is 2. The molecule has 0 radical (unpaired) electrons. The lowest BCUT2D eigenvalue weighted by molar-refractivity contribution is -0.117. The number of anilines is 1. The zero-order chi connectivity index (χ0) is 22.2. The predicted molar refractivity (Wildman–Crippen MR) is 119 cm³/mol. The Balaban J connectivity index is 1.40. The van der Waals surface area contributed by atoms with Crippen molar-refractivity contribution in [2.24, 2.45) is 7.05 Å². The zero-order valence-electron chi connectivity index (χ0n) is 18.4. The number of hydrogen-bond acceptors (Lipinski definition) is 5. The van der Waals surface area contributed by atoms with Gasteiger partial charge in [0, 0.05) is 43.5 Å². The molecule has 0 saturated carbocycles. The third kappa shape index (κ3) is 3.77. The van der Waals surface area contributed by atoms with Crippen LogP contribution in [0.15, 0.2) is 42.7 Å². The Bertz CT molecular complexity index is 1170. The van der Waals surface area contributed by atoms with E-state index >= 15 is 0 Å². The molecule has 0 N–H and O–H groups in total. The van der Waals surface area contributed by atoms with Crippen molar-refractivity contribution in [3.05, 3.63) is 70.9 Å². The van der Waals surface area contributed by atoms with Gasteiger partial charge in [0.05, 0.1) is 24.7 Å². The molecule has 2 aromatic heterocycles. The number of nitrogens with zero attached hydrogens (tertiary/aromatic N) is 6.